The first-order valence-corrected chi connectivity index (χ1v) is 13.6. The van der Waals surface area contributed by atoms with Gasteiger partial charge in [0.15, 0.2) is 5.65 Å². The number of nitrogens with one attached hydrogen (secondary N) is 1. The summed E-state index contributed by atoms with van der Waals surface area (Å²) >= 11 is 0. The van der Waals surface area contributed by atoms with E-state index in [0.717, 1.165) is 29.6 Å². The molecule has 1 aliphatic heterocycles. The monoisotopic (exact) mass is 538 g/mol. The number of halogens is 1. The highest BCUT2D eigenvalue weighted by molar-refractivity contribution is 6.05. The van der Waals surface area contributed by atoms with Gasteiger partial charge in [-0.05, 0) is 83.7 Å². The van der Waals surface area contributed by atoms with Gasteiger partial charge in [-0.2, -0.15) is 5.10 Å². The van der Waals surface area contributed by atoms with Crippen LogP contribution in [0, 0.1) is 5.82 Å². The third kappa shape index (κ3) is 6.32. The summed E-state index contributed by atoms with van der Waals surface area (Å²) in [5.41, 5.74) is 1.86. The Labute approximate surface area is 229 Å². The molecule has 0 atom stereocenters. The van der Waals surface area contributed by atoms with Crippen LogP contribution in [0.1, 0.15) is 64.7 Å². The van der Waals surface area contributed by atoms with Crippen LogP contribution in [-0.4, -0.2) is 69.0 Å². The molecule has 4 rings (SSSR count). The standard InChI is InChI=1S/C29H39FN6O3/c1-8-36(18(2)3)27(37)23-15-19(30)9-10-21(23)22-16-25(33-26-24(22)17-31-34(26)7)35-13-11-20(12-14-35)32-28(38)39-29(4,5)6/h9-10,15-18,20H,8,11-14H2,1-7H3,(H,32,38). The lowest BCUT2D eigenvalue weighted by molar-refractivity contribution is 0.0496. The minimum absolute atomic E-state index is 0.00777. The van der Waals surface area contributed by atoms with Crippen molar-refractivity contribution in [3.63, 3.8) is 0 Å². The van der Waals surface area contributed by atoms with Crippen molar-refractivity contribution >= 4 is 28.9 Å². The van der Waals surface area contributed by atoms with Crippen molar-refractivity contribution < 1.29 is 18.7 Å². The lowest BCUT2D eigenvalue weighted by Gasteiger charge is -2.34. The predicted octanol–water partition coefficient (Wildman–Crippen LogP) is 5.14. The molecule has 0 aliphatic carbocycles. The van der Waals surface area contributed by atoms with Gasteiger partial charge in [0.2, 0.25) is 0 Å². The average molecular weight is 539 g/mol. The van der Waals surface area contributed by atoms with Crippen LogP contribution in [0.5, 0.6) is 0 Å². The number of pyridine rings is 1. The van der Waals surface area contributed by atoms with Gasteiger partial charge in [0.05, 0.1) is 11.8 Å². The van der Waals surface area contributed by atoms with Gasteiger partial charge in [0.1, 0.15) is 17.2 Å². The predicted molar refractivity (Wildman–Crippen MR) is 150 cm³/mol. The lowest BCUT2D eigenvalue weighted by atomic mass is 9.96. The van der Waals surface area contributed by atoms with Crippen LogP contribution in [0.4, 0.5) is 15.0 Å². The number of fused-ring (bicyclic) bond motifs is 1. The van der Waals surface area contributed by atoms with Crippen LogP contribution < -0.4 is 10.2 Å². The van der Waals surface area contributed by atoms with Gasteiger partial charge in [-0.25, -0.2) is 14.2 Å². The Morgan fingerprint density at radius 1 is 1.18 bits per heavy atom. The van der Waals surface area contributed by atoms with Crippen molar-refractivity contribution in [1.82, 2.24) is 25.0 Å². The van der Waals surface area contributed by atoms with Gasteiger partial charge < -0.3 is 19.9 Å². The van der Waals surface area contributed by atoms with Crippen molar-refractivity contribution in [2.45, 2.75) is 72.1 Å². The van der Waals surface area contributed by atoms with E-state index in [9.17, 15) is 14.0 Å². The first kappa shape index (κ1) is 28.3. The van der Waals surface area contributed by atoms with Gasteiger partial charge in [-0.3, -0.25) is 9.48 Å². The van der Waals surface area contributed by atoms with Gasteiger partial charge >= 0.3 is 6.09 Å². The Bertz CT molecular complexity index is 1360. The number of nitrogens with zero attached hydrogens (tertiary/aromatic N) is 5. The second-order valence-electron chi connectivity index (χ2n) is 11.3. The molecule has 2 amide bonds. The molecule has 39 heavy (non-hydrogen) atoms. The summed E-state index contributed by atoms with van der Waals surface area (Å²) in [5, 5.41) is 8.18. The maximum absolute atomic E-state index is 14.5. The minimum Gasteiger partial charge on any atom is -0.444 e. The molecule has 210 valence electrons. The van der Waals surface area contributed by atoms with E-state index >= 15 is 0 Å². The summed E-state index contributed by atoms with van der Waals surface area (Å²) in [5.74, 6) is 0.0698. The Hall–Kier alpha value is -3.69. The topological polar surface area (TPSA) is 92.6 Å². The van der Waals surface area contributed by atoms with Crippen molar-refractivity contribution in [1.29, 1.82) is 0 Å². The summed E-state index contributed by atoms with van der Waals surface area (Å²) < 4.78 is 21.6. The normalized spacial score (nSPS) is 14.6. The number of aromatic nitrogens is 3. The number of amides is 2. The molecule has 0 unspecified atom stereocenters. The highest BCUT2D eigenvalue weighted by atomic mass is 19.1. The molecule has 0 spiro atoms. The molecule has 1 aromatic carbocycles. The summed E-state index contributed by atoms with van der Waals surface area (Å²) in [6.07, 6.45) is 2.80. The lowest BCUT2D eigenvalue weighted by Crippen LogP contribution is -2.46. The van der Waals surface area contributed by atoms with E-state index in [1.807, 2.05) is 54.7 Å². The second kappa shape index (κ2) is 11.2. The molecule has 3 aromatic rings. The number of hydrogen-bond donors (Lipinski definition) is 1. The van der Waals surface area contributed by atoms with E-state index in [0.29, 0.717) is 36.4 Å². The number of anilines is 1. The highest BCUT2D eigenvalue weighted by Gasteiger charge is 2.27. The molecule has 10 heteroatoms. The van der Waals surface area contributed by atoms with Gasteiger partial charge in [0, 0.05) is 44.2 Å². The zero-order valence-corrected chi connectivity index (χ0v) is 23.9. The third-order valence-corrected chi connectivity index (χ3v) is 6.96. The largest absolute Gasteiger partial charge is 0.444 e. The average Bonchev–Trinajstić information content (AvgIpc) is 3.23. The maximum atomic E-state index is 14.5. The number of ether oxygens (including phenoxy) is 1. The van der Waals surface area contributed by atoms with E-state index < -0.39 is 17.5 Å². The molecule has 9 nitrogen and oxygen atoms in total. The zero-order valence-electron chi connectivity index (χ0n) is 23.9. The van der Waals surface area contributed by atoms with Gasteiger partial charge in [0.25, 0.3) is 5.91 Å². The van der Waals surface area contributed by atoms with E-state index in [4.69, 9.17) is 9.72 Å². The number of piperidine rings is 1. The Balaban J connectivity index is 1.67. The molecule has 1 fully saturated rings. The number of alkyl carbamates (subject to hydrolysis) is 1. The molecule has 1 aliphatic rings. The number of rotatable bonds is 6. The number of carbonyl (C=O) groups excluding carboxylic acids is 2. The summed E-state index contributed by atoms with van der Waals surface area (Å²) in [6.45, 7) is 13.2. The number of carbonyl (C=O) groups is 2. The van der Waals surface area contributed by atoms with Crippen LogP contribution in [-0.2, 0) is 11.8 Å². The summed E-state index contributed by atoms with van der Waals surface area (Å²) in [7, 11) is 1.83. The zero-order chi connectivity index (χ0) is 28.5. The fourth-order valence-electron chi connectivity index (χ4n) is 5.04. The van der Waals surface area contributed by atoms with Crippen LogP contribution >= 0.6 is 0 Å². The second-order valence-corrected chi connectivity index (χ2v) is 11.3. The molecule has 2 aromatic heterocycles. The molecule has 0 bridgehead atoms. The molecule has 1 saturated heterocycles. The van der Waals surface area contributed by atoms with E-state index in [2.05, 4.69) is 15.3 Å². The van der Waals surface area contributed by atoms with E-state index in [-0.39, 0.29) is 18.0 Å². The van der Waals surface area contributed by atoms with Crippen LogP contribution in [0.2, 0.25) is 0 Å². The highest BCUT2D eigenvalue weighted by Crippen LogP contribution is 2.35. The molecular weight excluding hydrogens is 499 g/mol. The number of hydrogen-bond acceptors (Lipinski definition) is 6. The van der Waals surface area contributed by atoms with Crippen molar-refractivity contribution in [3.8, 4) is 11.1 Å². The van der Waals surface area contributed by atoms with Crippen LogP contribution in [0.25, 0.3) is 22.2 Å². The Morgan fingerprint density at radius 3 is 2.49 bits per heavy atom. The van der Waals surface area contributed by atoms with Gasteiger partial charge in [-0.15, -0.1) is 0 Å². The SMILES string of the molecule is CCN(C(=O)c1cc(F)ccc1-c1cc(N2CCC(NC(=O)OC(C)(C)C)CC2)nc2c1cnn2C)C(C)C. The van der Waals surface area contributed by atoms with Crippen molar-refractivity contribution in [2.24, 2.45) is 7.05 Å². The Kier molecular flexibility index (Phi) is 8.13. The fourth-order valence-corrected chi connectivity index (χ4v) is 5.04. The fraction of sp³-hybridized carbons (Fsp3) is 0.517. The van der Waals surface area contributed by atoms with Crippen LogP contribution in [0.15, 0.2) is 30.5 Å². The summed E-state index contributed by atoms with van der Waals surface area (Å²) in [6, 6.07) is 6.31. The molecule has 0 radical (unpaired) electrons. The summed E-state index contributed by atoms with van der Waals surface area (Å²) in [4.78, 5) is 34.6. The van der Waals surface area contributed by atoms with Crippen molar-refractivity contribution in [3.05, 3.63) is 41.8 Å². The van der Waals surface area contributed by atoms with E-state index in [1.165, 1.54) is 12.1 Å². The quantitative estimate of drug-likeness (QED) is 0.467. The maximum Gasteiger partial charge on any atom is 0.407 e. The first-order chi connectivity index (χ1) is 18.4. The first-order valence-electron chi connectivity index (χ1n) is 13.6. The van der Waals surface area contributed by atoms with Crippen LogP contribution in [0.3, 0.4) is 0 Å². The molecule has 0 saturated carbocycles. The smallest absolute Gasteiger partial charge is 0.407 e. The molecule has 1 N–H and O–H groups in total. The number of aryl methyl sites for hydroxylation is 1. The number of benzene rings is 1. The molecule has 3 heterocycles. The third-order valence-electron chi connectivity index (χ3n) is 6.96. The van der Waals surface area contributed by atoms with Gasteiger partial charge in [-0.1, -0.05) is 6.07 Å². The Morgan fingerprint density at radius 2 is 1.87 bits per heavy atom. The molecular formula is C29H39FN6O3. The minimum atomic E-state index is -0.548. The van der Waals surface area contributed by atoms with E-state index in [1.54, 1.807) is 21.8 Å². The van der Waals surface area contributed by atoms with Crippen molar-refractivity contribution in [2.75, 3.05) is 24.5 Å².